The van der Waals surface area contributed by atoms with Crippen LogP contribution >= 0.6 is 0 Å². The molecule has 1 amide bonds. The average Bonchev–Trinajstić information content (AvgIpc) is 2.38. The molecule has 0 aromatic carbocycles. The molecule has 0 aromatic rings. The number of likely N-dealkylation sites (tertiary alicyclic amines) is 1. The highest BCUT2D eigenvalue weighted by Crippen LogP contribution is 2.21. The smallest absolute Gasteiger partial charge is 0.228 e. The first-order valence-electron chi connectivity index (χ1n) is 7.60. The van der Waals surface area contributed by atoms with Gasteiger partial charge in [-0.3, -0.25) is 9.69 Å². The molecule has 0 bridgehead atoms. The molecule has 0 radical (unpaired) electrons. The molecule has 19 heavy (non-hydrogen) atoms. The number of piperazine rings is 1. The van der Waals surface area contributed by atoms with E-state index in [9.17, 15) is 4.79 Å². The van der Waals surface area contributed by atoms with Crippen LogP contribution in [0.25, 0.3) is 0 Å². The van der Waals surface area contributed by atoms with Crippen molar-refractivity contribution in [2.75, 3.05) is 46.3 Å². The third-order valence-corrected chi connectivity index (χ3v) is 4.45. The minimum Gasteiger partial charge on any atom is -0.340 e. The van der Waals surface area contributed by atoms with Crippen molar-refractivity contribution < 1.29 is 4.79 Å². The fourth-order valence-corrected chi connectivity index (χ4v) is 3.12. The number of nitrogens with zero attached hydrogens (tertiary/aromatic N) is 3. The van der Waals surface area contributed by atoms with E-state index in [1.807, 2.05) is 25.7 Å². The van der Waals surface area contributed by atoms with E-state index in [-0.39, 0.29) is 5.41 Å². The predicted octanol–water partition coefficient (Wildman–Crippen LogP) is 1.27. The third-order valence-electron chi connectivity index (χ3n) is 4.45. The number of carbonyl (C=O) groups excluding carboxylic acids is 1. The van der Waals surface area contributed by atoms with Crippen molar-refractivity contribution >= 4 is 5.91 Å². The van der Waals surface area contributed by atoms with Gasteiger partial charge in [-0.15, -0.1) is 0 Å². The highest BCUT2D eigenvalue weighted by molar-refractivity contribution is 5.81. The summed E-state index contributed by atoms with van der Waals surface area (Å²) >= 11 is 0. The zero-order valence-electron chi connectivity index (χ0n) is 13.0. The minimum absolute atomic E-state index is 0.240. The molecule has 2 aliphatic heterocycles. The number of hydrogen-bond donors (Lipinski definition) is 0. The summed E-state index contributed by atoms with van der Waals surface area (Å²) in [5, 5.41) is 0. The zero-order valence-corrected chi connectivity index (χ0v) is 13.0. The standard InChI is InChI=1S/C15H29N3O/c1-15(2,3)14(19)18-11-9-17(10-12-18)13-5-7-16(4)8-6-13/h13H,5-12H2,1-4H3. The van der Waals surface area contributed by atoms with Crippen LogP contribution < -0.4 is 0 Å². The average molecular weight is 267 g/mol. The van der Waals surface area contributed by atoms with E-state index in [2.05, 4.69) is 16.8 Å². The molecular weight excluding hydrogens is 238 g/mol. The van der Waals surface area contributed by atoms with Gasteiger partial charge in [0.05, 0.1) is 0 Å². The molecule has 4 heteroatoms. The molecule has 2 rings (SSSR count). The summed E-state index contributed by atoms with van der Waals surface area (Å²) in [6, 6.07) is 0.739. The van der Waals surface area contributed by atoms with E-state index in [0.29, 0.717) is 5.91 Å². The largest absolute Gasteiger partial charge is 0.340 e. The van der Waals surface area contributed by atoms with Gasteiger partial charge in [0.1, 0.15) is 0 Å². The zero-order chi connectivity index (χ0) is 14.0. The van der Waals surface area contributed by atoms with Gasteiger partial charge in [0.2, 0.25) is 5.91 Å². The second-order valence-corrected chi connectivity index (χ2v) is 7.11. The summed E-state index contributed by atoms with van der Waals surface area (Å²) in [5.41, 5.74) is -0.240. The lowest BCUT2D eigenvalue weighted by atomic mass is 9.94. The van der Waals surface area contributed by atoms with E-state index < -0.39 is 0 Å². The van der Waals surface area contributed by atoms with E-state index >= 15 is 0 Å². The van der Waals surface area contributed by atoms with Gasteiger partial charge in [-0.2, -0.15) is 0 Å². The maximum Gasteiger partial charge on any atom is 0.228 e. The summed E-state index contributed by atoms with van der Waals surface area (Å²) in [6.45, 7) is 12.4. The second kappa shape index (κ2) is 5.80. The van der Waals surface area contributed by atoms with Gasteiger partial charge < -0.3 is 9.80 Å². The molecule has 4 nitrogen and oxygen atoms in total. The summed E-state index contributed by atoms with van der Waals surface area (Å²) < 4.78 is 0. The van der Waals surface area contributed by atoms with Gasteiger partial charge in [0.25, 0.3) is 0 Å². The van der Waals surface area contributed by atoms with Crippen molar-refractivity contribution in [3.8, 4) is 0 Å². The molecule has 2 heterocycles. The first-order valence-corrected chi connectivity index (χ1v) is 7.60. The summed E-state index contributed by atoms with van der Waals surface area (Å²) in [6.07, 6.45) is 2.56. The first-order chi connectivity index (χ1) is 8.88. The number of rotatable bonds is 1. The lowest BCUT2D eigenvalue weighted by molar-refractivity contribution is -0.141. The SMILES string of the molecule is CN1CCC(N2CCN(C(=O)C(C)(C)C)CC2)CC1. The topological polar surface area (TPSA) is 26.8 Å². The molecule has 2 fully saturated rings. The number of amides is 1. The number of carbonyl (C=O) groups is 1. The van der Waals surface area contributed by atoms with E-state index in [4.69, 9.17) is 0 Å². The minimum atomic E-state index is -0.240. The maximum atomic E-state index is 12.2. The van der Waals surface area contributed by atoms with Crippen molar-refractivity contribution in [3.05, 3.63) is 0 Å². The van der Waals surface area contributed by atoms with Crippen LogP contribution in [0.5, 0.6) is 0 Å². The van der Waals surface area contributed by atoms with Crippen LogP contribution in [0.1, 0.15) is 33.6 Å². The molecule has 0 aromatic heterocycles. The van der Waals surface area contributed by atoms with Gasteiger partial charge in [0.15, 0.2) is 0 Å². The molecular formula is C15H29N3O. The monoisotopic (exact) mass is 267 g/mol. The summed E-state index contributed by atoms with van der Waals surface area (Å²) in [5.74, 6) is 0.301. The Kier molecular flexibility index (Phi) is 4.51. The Morgan fingerprint density at radius 1 is 0.947 bits per heavy atom. The van der Waals surface area contributed by atoms with Crippen LogP contribution in [0.4, 0.5) is 0 Å². The van der Waals surface area contributed by atoms with Crippen molar-refractivity contribution in [3.63, 3.8) is 0 Å². The lowest BCUT2D eigenvalue weighted by Crippen LogP contribution is -2.55. The normalized spacial score (nSPS) is 24.7. The number of hydrogen-bond acceptors (Lipinski definition) is 3. The van der Waals surface area contributed by atoms with Crippen molar-refractivity contribution in [1.82, 2.24) is 14.7 Å². The van der Waals surface area contributed by atoms with Crippen LogP contribution in [0, 0.1) is 5.41 Å². The Balaban J connectivity index is 1.81. The van der Waals surface area contributed by atoms with Gasteiger partial charge >= 0.3 is 0 Å². The van der Waals surface area contributed by atoms with Gasteiger partial charge in [0, 0.05) is 37.6 Å². The van der Waals surface area contributed by atoms with Crippen molar-refractivity contribution in [2.24, 2.45) is 5.41 Å². The lowest BCUT2D eigenvalue weighted by Gasteiger charge is -2.43. The molecule has 0 atom stereocenters. The van der Waals surface area contributed by atoms with E-state index in [1.165, 1.54) is 25.9 Å². The Morgan fingerprint density at radius 2 is 1.47 bits per heavy atom. The van der Waals surface area contributed by atoms with Crippen LogP contribution in [0.3, 0.4) is 0 Å². The molecule has 2 aliphatic rings. The van der Waals surface area contributed by atoms with Gasteiger partial charge in [-0.25, -0.2) is 0 Å². The quantitative estimate of drug-likeness (QED) is 0.716. The van der Waals surface area contributed by atoms with E-state index in [0.717, 1.165) is 32.2 Å². The van der Waals surface area contributed by atoms with Crippen molar-refractivity contribution in [2.45, 2.75) is 39.7 Å². The first kappa shape index (κ1) is 14.8. The molecule has 0 saturated carbocycles. The highest BCUT2D eigenvalue weighted by Gasteiger charge is 2.32. The Labute approximate surface area is 117 Å². The van der Waals surface area contributed by atoms with E-state index in [1.54, 1.807) is 0 Å². The fourth-order valence-electron chi connectivity index (χ4n) is 3.12. The summed E-state index contributed by atoms with van der Waals surface area (Å²) in [4.78, 5) is 19.3. The second-order valence-electron chi connectivity index (χ2n) is 7.11. The Bertz CT molecular complexity index is 308. The fraction of sp³-hybridized carbons (Fsp3) is 0.933. The molecule has 0 spiro atoms. The molecule has 0 unspecified atom stereocenters. The number of piperidine rings is 1. The Morgan fingerprint density at radius 3 is 1.95 bits per heavy atom. The van der Waals surface area contributed by atoms with Gasteiger partial charge in [-0.1, -0.05) is 20.8 Å². The molecule has 2 saturated heterocycles. The predicted molar refractivity (Wildman–Crippen MR) is 78.1 cm³/mol. The molecule has 0 N–H and O–H groups in total. The molecule has 0 aliphatic carbocycles. The highest BCUT2D eigenvalue weighted by atomic mass is 16.2. The van der Waals surface area contributed by atoms with Crippen molar-refractivity contribution in [1.29, 1.82) is 0 Å². The summed E-state index contributed by atoms with van der Waals surface area (Å²) in [7, 11) is 2.20. The Hall–Kier alpha value is -0.610. The van der Waals surface area contributed by atoms with Crippen LogP contribution in [-0.2, 0) is 4.79 Å². The van der Waals surface area contributed by atoms with Crippen LogP contribution in [0.2, 0.25) is 0 Å². The third kappa shape index (κ3) is 3.69. The maximum absolute atomic E-state index is 12.2. The van der Waals surface area contributed by atoms with Crippen LogP contribution in [-0.4, -0.2) is 73.0 Å². The van der Waals surface area contributed by atoms with Crippen LogP contribution in [0.15, 0.2) is 0 Å². The molecule has 110 valence electrons. The van der Waals surface area contributed by atoms with Gasteiger partial charge in [-0.05, 0) is 33.0 Å².